The fourth-order valence-electron chi connectivity index (χ4n) is 2.82. The summed E-state index contributed by atoms with van der Waals surface area (Å²) in [6, 6.07) is 10.7. The van der Waals surface area contributed by atoms with Crippen LogP contribution in [-0.2, 0) is 16.6 Å². The lowest BCUT2D eigenvalue weighted by Crippen LogP contribution is -2.44. The molecule has 1 N–H and O–H groups in total. The monoisotopic (exact) mass is 279 g/mol. The summed E-state index contributed by atoms with van der Waals surface area (Å²) in [7, 11) is -0.753. The smallest absolute Gasteiger partial charge is 0.0504 e. The van der Waals surface area contributed by atoms with Gasteiger partial charge in [0, 0.05) is 22.6 Å². The van der Waals surface area contributed by atoms with Gasteiger partial charge in [0.1, 0.15) is 0 Å². The molecule has 2 nitrogen and oxygen atoms in total. The zero-order valence-corrected chi connectivity index (χ0v) is 12.6. The molecule has 0 saturated heterocycles. The van der Waals surface area contributed by atoms with Gasteiger partial charge in [0.25, 0.3) is 0 Å². The largest absolute Gasteiger partial charge is 0.313 e. The Labute approximate surface area is 119 Å². The van der Waals surface area contributed by atoms with Crippen molar-refractivity contribution in [3.63, 3.8) is 0 Å². The van der Waals surface area contributed by atoms with E-state index in [1.54, 1.807) is 0 Å². The van der Waals surface area contributed by atoms with Crippen LogP contribution in [-0.4, -0.2) is 22.0 Å². The highest BCUT2D eigenvalue weighted by Gasteiger charge is 2.29. The van der Waals surface area contributed by atoms with Crippen LogP contribution in [0.3, 0.4) is 0 Å². The van der Waals surface area contributed by atoms with Crippen molar-refractivity contribution in [1.82, 2.24) is 5.32 Å². The molecule has 0 radical (unpaired) electrons. The summed E-state index contributed by atoms with van der Waals surface area (Å²) in [6.45, 7) is 3.23. The first-order valence-corrected chi connectivity index (χ1v) is 8.84. The van der Waals surface area contributed by atoms with E-state index >= 15 is 0 Å². The van der Waals surface area contributed by atoms with Crippen LogP contribution in [0.5, 0.6) is 0 Å². The maximum atomic E-state index is 12.6. The maximum Gasteiger partial charge on any atom is 0.0504 e. The summed E-state index contributed by atoms with van der Waals surface area (Å²) in [5.41, 5.74) is 1.20. The van der Waals surface area contributed by atoms with E-state index in [1.165, 1.54) is 24.8 Å². The molecule has 1 fully saturated rings. The van der Waals surface area contributed by atoms with Crippen LogP contribution in [0.2, 0.25) is 0 Å². The predicted molar refractivity (Wildman–Crippen MR) is 82.6 cm³/mol. The molecule has 0 bridgehead atoms. The zero-order valence-electron chi connectivity index (χ0n) is 11.8. The maximum absolute atomic E-state index is 12.6. The standard InChI is InChI=1S/C16H25NOS/c1-2-12-17-15-10-6-7-11-16(15)19(18)13-14-8-4-3-5-9-14/h3-5,8-9,15-17H,2,6-7,10-13H2,1H3. The molecule has 1 aliphatic rings. The van der Waals surface area contributed by atoms with Gasteiger partial charge in [0.05, 0.1) is 5.25 Å². The van der Waals surface area contributed by atoms with Gasteiger partial charge < -0.3 is 5.32 Å². The van der Waals surface area contributed by atoms with Crippen molar-refractivity contribution in [2.24, 2.45) is 0 Å². The second-order valence-electron chi connectivity index (χ2n) is 5.39. The number of rotatable bonds is 6. The molecule has 19 heavy (non-hydrogen) atoms. The van der Waals surface area contributed by atoms with Crippen LogP contribution in [0.1, 0.15) is 44.6 Å². The molecule has 1 aliphatic carbocycles. The number of nitrogens with one attached hydrogen (secondary N) is 1. The summed E-state index contributed by atoms with van der Waals surface area (Å²) in [5.74, 6) is 0.704. The quantitative estimate of drug-likeness (QED) is 0.866. The van der Waals surface area contributed by atoms with Gasteiger partial charge in [-0.15, -0.1) is 0 Å². The molecule has 3 heteroatoms. The fraction of sp³-hybridized carbons (Fsp3) is 0.625. The number of hydrogen-bond acceptors (Lipinski definition) is 2. The molecule has 3 atom stereocenters. The summed E-state index contributed by atoms with van der Waals surface area (Å²) >= 11 is 0. The minimum Gasteiger partial charge on any atom is -0.313 e. The van der Waals surface area contributed by atoms with Crippen LogP contribution in [0.4, 0.5) is 0 Å². The van der Waals surface area contributed by atoms with Crippen molar-refractivity contribution >= 4 is 10.8 Å². The highest BCUT2D eigenvalue weighted by atomic mass is 32.2. The van der Waals surface area contributed by atoms with Crippen LogP contribution in [0.15, 0.2) is 30.3 Å². The molecule has 1 aromatic carbocycles. The lowest BCUT2D eigenvalue weighted by Gasteiger charge is -2.31. The van der Waals surface area contributed by atoms with Gasteiger partial charge in [-0.2, -0.15) is 0 Å². The predicted octanol–water partition coefficient (Wildman–Crippen LogP) is 3.25. The Morgan fingerprint density at radius 3 is 2.68 bits per heavy atom. The Balaban J connectivity index is 1.95. The Hall–Kier alpha value is -0.670. The van der Waals surface area contributed by atoms with Gasteiger partial charge >= 0.3 is 0 Å². The molecule has 0 aliphatic heterocycles. The Kier molecular flexibility index (Phi) is 6.05. The Bertz CT molecular complexity index is 393. The molecule has 0 amide bonds. The van der Waals surface area contributed by atoms with E-state index < -0.39 is 10.8 Å². The van der Waals surface area contributed by atoms with E-state index in [4.69, 9.17) is 0 Å². The van der Waals surface area contributed by atoms with Gasteiger partial charge in [-0.3, -0.25) is 4.21 Å². The Morgan fingerprint density at radius 1 is 1.21 bits per heavy atom. The molecule has 1 aromatic rings. The summed E-state index contributed by atoms with van der Waals surface area (Å²) in [4.78, 5) is 0. The third kappa shape index (κ3) is 4.43. The van der Waals surface area contributed by atoms with Gasteiger partial charge in [0.15, 0.2) is 0 Å². The average Bonchev–Trinajstić information content (AvgIpc) is 2.46. The zero-order chi connectivity index (χ0) is 13.5. The van der Waals surface area contributed by atoms with E-state index in [-0.39, 0.29) is 0 Å². The van der Waals surface area contributed by atoms with Gasteiger partial charge in [-0.05, 0) is 31.4 Å². The first kappa shape index (κ1) is 14.7. The van der Waals surface area contributed by atoms with Crippen molar-refractivity contribution in [2.45, 2.75) is 56.1 Å². The van der Waals surface area contributed by atoms with Crippen molar-refractivity contribution < 1.29 is 4.21 Å². The molecule has 1 saturated carbocycles. The summed E-state index contributed by atoms with van der Waals surface area (Å²) in [6.07, 6.45) is 5.95. The van der Waals surface area contributed by atoms with Crippen LogP contribution in [0, 0.1) is 0 Å². The second kappa shape index (κ2) is 7.81. The first-order valence-electron chi connectivity index (χ1n) is 7.45. The lowest BCUT2D eigenvalue weighted by molar-refractivity contribution is 0.379. The van der Waals surface area contributed by atoms with E-state index in [0.29, 0.717) is 17.0 Å². The van der Waals surface area contributed by atoms with E-state index in [9.17, 15) is 4.21 Å². The minimum atomic E-state index is -0.753. The van der Waals surface area contributed by atoms with Gasteiger partial charge in [0.2, 0.25) is 0 Å². The highest BCUT2D eigenvalue weighted by Crippen LogP contribution is 2.24. The lowest BCUT2D eigenvalue weighted by atomic mass is 9.95. The van der Waals surface area contributed by atoms with Crippen molar-refractivity contribution in [1.29, 1.82) is 0 Å². The van der Waals surface area contributed by atoms with Gasteiger partial charge in [-0.1, -0.05) is 50.1 Å². The van der Waals surface area contributed by atoms with Crippen molar-refractivity contribution in [2.75, 3.05) is 6.54 Å². The fourth-order valence-corrected chi connectivity index (χ4v) is 4.58. The third-order valence-corrected chi connectivity index (χ3v) is 5.71. The topological polar surface area (TPSA) is 29.1 Å². The van der Waals surface area contributed by atoms with Crippen LogP contribution < -0.4 is 5.32 Å². The molecule has 3 unspecified atom stereocenters. The highest BCUT2D eigenvalue weighted by molar-refractivity contribution is 7.84. The second-order valence-corrected chi connectivity index (χ2v) is 7.05. The molecule has 106 valence electrons. The molecule has 0 spiro atoms. The SMILES string of the molecule is CCCNC1CCCCC1S(=O)Cc1ccccc1. The normalized spacial score (nSPS) is 25.1. The average molecular weight is 279 g/mol. The molecule has 0 aromatic heterocycles. The van der Waals surface area contributed by atoms with E-state index in [0.717, 1.165) is 19.4 Å². The molecular weight excluding hydrogens is 254 g/mol. The Morgan fingerprint density at radius 2 is 1.95 bits per heavy atom. The van der Waals surface area contributed by atoms with Crippen molar-refractivity contribution in [3.05, 3.63) is 35.9 Å². The van der Waals surface area contributed by atoms with Crippen LogP contribution >= 0.6 is 0 Å². The molecular formula is C16H25NOS. The molecule has 0 heterocycles. The third-order valence-electron chi connectivity index (χ3n) is 3.85. The van der Waals surface area contributed by atoms with Gasteiger partial charge in [-0.25, -0.2) is 0 Å². The van der Waals surface area contributed by atoms with E-state index in [1.807, 2.05) is 18.2 Å². The van der Waals surface area contributed by atoms with Crippen molar-refractivity contribution in [3.8, 4) is 0 Å². The minimum absolute atomic E-state index is 0.334. The van der Waals surface area contributed by atoms with Crippen LogP contribution in [0.25, 0.3) is 0 Å². The van der Waals surface area contributed by atoms with E-state index in [2.05, 4.69) is 24.4 Å². The summed E-state index contributed by atoms with van der Waals surface area (Å²) < 4.78 is 12.6. The first-order chi connectivity index (χ1) is 9.31. The number of hydrogen-bond donors (Lipinski definition) is 1. The number of benzene rings is 1. The molecule has 2 rings (SSSR count). The summed E-state index contributed by atoms with van der Waals surface area (Å²) in [5, 5.41) is 3.93.